The summed E-state index contributed by atoms with van der Waals surface area (Å²) < 4.78 is 10.8. The quantitative estimate of drug-likeness (QED) is 0.839. The second kappa shape index (κ2) is 5.97. The maximum absolute atomic E-state index is 11.1. The number of rotatable bonds is 4. The van der Waals surface area contributed by atoms with E-state index in [1.165, 1.54) is 6.92 Å². The zero-order valence-electron chi connectivity index (χ0n) is 11.3. The molecule has 0 radical (unpaired) electrons. The van der Waals surface area contributed by atoms with Gasteiger partial charge in [0.05, 0.1) is 18.5 Å². The van der Waals surface area contributed by atoms with Crippen LogP contribution >= 0.6 is 0 Å². The normalized spacial score (nSPS) is 9.90. The standard InChI is InChI=1S/C15H16N2O3/c1-10(18)17-15-9-13(6-7-14(15)16)20-12-5-3-4-11(8-12)19-2/h3-9H,16H2,1-2H3,(H,17,18). The fourth-order valence-corrected chi connectivity index (χ4v) is 1.70. The van der Waals surface area contributed by atoms with Crippen LogP contribution in [0.4, 0.5) is 11.4 Å². The Balaban J connectivity index is 2.22. The fourth-order valence-electron chi connectivity index (χ4n) is 1.70. The van der Waals surface area contributed by atoms with E-state index in [9.17, 15) is 4.79 Å². The second-order valence-corrected chi connectivity index (χ2v) is 4.21. The van der Waals surface area contributed by atoms with Crippen molar-refractivity contribution in [2.24, 2.45) is 0 Å². The highest BCUT2D eigenvalue weighted by molar-refractivity contribution is 5.92. The largest absolute Gasteiger partial charge is 0.497 e. The molecular weight excluding hydrogens is 256 g/mol. The summed E-state index contributed by atoms with van der Waals surface area (Å²) in [6.45, 7) is 1.43. The molecule has 0 unspecified atom stereocenters. The van der Waals surface area contributed by atoms with Crippen LogP contribution in [0.1, 0.15) is 6.92 Å². The highest BCUT2D eigenvalue weighted by Crippen LogP contribution is 2.29. The van der Waals surface area contributed by atoms with Gasteiger partial charge in [0.2, 0.25) is 5.91 Å². The average Bonchev–Trinajstić information content (AvgIpc) is 2.42. The summed E-state index contributed by atoms with van der Waals surface area (Å²) in [5, 5.41) is 2.65. The lowest BCUT2D eigenvalue weighted by molar-refractivity contribution is -0.114. The molecule has 5 heteroatoms. The van der Waals surface area contributed by atoms with Crippen molar-refractivity contribution in [1.82, 2.24) is 0 Å². The molecule has 5 nitrogen and oxygen atoms in total. The summed E-state index contributed by atoms with van der Waals surface area (Å²) in [7, 11) is 1.59. The van der Waals surface area contributed by atoms with Gasteiger partial charge in [-0.2, -0.15) is 0 Å². The van der Waals surface area contributed by atoms with Crippen LogP contribution in [0.25, 0.3) is 0 Å². The number of carbonyl (C=O) groups excluding carboxylic acids is 1. The SMILES string of the molecule is COc1cccc(Oc2ccc(N)c(NC(C)=O)c2)c1. The van der Waals surface area contributed by atoms with Crippen molar-refractivity contribution in [3.63, 3.8) is 0 Å². The summed E-state index contributed by atoms with van der Waals surface area (Å²) in [6.07, 6.45) is 0. The van der Waals surface area contributed by atoms with Gasteiger partial charge >= 0.3 is 0 Å². The van der Waals surface area contributed by atoms with E-state index in [0.29, 0.717) is 28.6 Å². The van der Waals surface area contributed by atoms with Crippen LogP contribution in [-0.2, 0) is 4.79 Å². The number of hydrogen-bond acceptors (Lipinski definition) is 4. The topological polar surface area (TPSA) is 73.6 Å². The van der Waals surface area contributed by atoms with E-state index in [2.05, 4.69) is 5.32 Å². The molecule has 2 aromatic carbocycles. The molecule has 0 aliphatic carbocycles. The van der Waals surface area contributed by atoms with Crippen molar-refractivity contribution in [2.75, 3.05) is 18.2 Å². The van der Waals surface area contributed by atoms with E-state index in [1.807, 2.05) is 18.2 Å². The Bertz CT molecular complexity index is 626. The summed E-state index contributed by atoms with van der Waals surface area (Å²) in [5.74, 6) is 1.74. The number of anilines is 2. The predicted molar refractivity (Wildman–Crippen MR) is 78.2 cm³/mol. The maximum Gasteiger partial charge on any atom is 0.221 e. The van der Waals surface area contributed by atoms with Crippen molar-refractivity contribution in [1.29, 1.82) is 0 Å². The Kier molecular flexibility index (Phi) is 4.10. The molecular formula is C15H16N2O3. The average molecular weight is 272 g/mol. The van der Waals surface area contributed by atoms with Gasteiger partial charge < -0.3 is 20.5 Å². The number of nitrogen functional groups attached to an aromatic ring is 1. The zero-order chi connectivity index (χ0) is 14.5. The molecule has 1 amide bonds. The number of benzene rings is 2. The van der Waals surface area contributed by atoms with Crippen molar-refractivity contribution in [3.05, 3.63) is 42.5 Å². The molecule has 0 spiro atoms. The van der Waals surface area contributed by atoms with E-state index in [-0.39, 0.29) is 5.91 Å². The molecule has 0 heterocycles. The van der Waals surface area contributed by atoms with Crippen LogP contribution in [0.5, 0.6) is 17.2 Å². The van der Waals surface area contributed by atoms with Gasteiger partial charge in [0.25, 0.3) is 0 Å². The zero-order valence-corrected chi connectivity index (χ0v) is 11.3. The van der Waals surface area contributed by atoms with E-state index >= 15 is 0 Å². The minimum absolute atomic E-state index is 0.185. The van der Waals surface area contributed by atoms with Crippen LogP contribution in [-0.4, -0.2) is 13.0 Å². The molecule has 104 valence electrons. The third-order valence-corrected chi connectivity index (χ3v) is 2.61. The number of nitrogens with two attached hydrogens (primary N) is 1. The highest BCUT2D eigenvalue weighted by Gasteiger charge is 2.05. The number of hydrogen-bond donors (Lipinski definition) is 2. The molecule has 20 heavy (non-hydrogen) atoms. The van der Waals surface area contributed by atoms with Gasteiger partial charge in [-0.05, 0) is 24.3 Å². The highest BCUT2D eigenvalue weighted by atomic mass is 16.5. The predicted octanol–water partition coefficient (Wildman–Crippen LogP) is 3.03. The monoisotopic (exact) mass is 272 g/mol. The van der Waals surface area contributed by atoms with Crippen LogP contribution < -0.4 is 20.5 Å². The van der Waals surface area contributed by atoms with Crippen LogP contribution in [0.2, 0.25) is 0 Å². The molecule has 0 aromatic heterocycles. The third-order valence-electron chi connectivity index (χ3n) is 2.61. The minimum Gasteiger partial charge on any atom is -0.497 e. The number of carbonyl (C=O) groups is 1. The molecule has 2 aromatic rings. The molecule has 0 atom stereocenters. The lowest BCUT2D eigenvalue weighted by Crippen LogP contribution is -2.08. The fraction of sp³-hybridized carbons (Fsp3) is 0.133. The number of nitrogens with one attached hydrogen (secondary N) is 1. The van der Waals surface area contributed by atoms with Crippen molar-refractivity contribution >= 4 is 17.3 Å². The van der Waals surface area contributed by atoms with E-state index in [4.69, 9.17) is 15.2 Å². The molecule has 0 saturated carbocycles. The minimum atomic E-state index is -0.185. The first-order valence-corrected chi connectivity index (χ1v) is 6.07. The van der Waals surface area contributed by atoms with E-state index < -0.39 is 0 Å². The Morgan fingerprint density at radius 2 is 1.80 bits per heavy atom. The first-order valence-electron chi connectivity index (χ1n) is 6.07. The van der Waals surface area contributed by atoms with Gasteiger partial charge in [-0.3, -0.25) is 4.79 Å². The molecule has 0 fully saturated rings. The van der Waals surface area contributed by atoms with Crippen LogP contribution in [0.15, 0.2) is 42.5 Å². The van der Waals surface area contributed by atoms with Crippen LogP contribution in [0, 0.1) is 0 Å². The van der Waals surface area contributed by atoms with Gasteiger partial charge in [0.1, 0.15) is 17.2 Å². The number of ether oxygens (including phenoxy) is 2. The summed E-state index contributed by atoms with van der Waals surface area (Å²) in [6, 6.07) is 12.3. The van der Waals surface area contributed by atoms with Gasteiger partial charge in [-0.25, -0.2) is 0 Å². The number of methoxy groups -OCH3 is 1. The van der Waals surface area contributed by atoms with Crippen molar-refractivity contribution in [3.8, 4) is 17.2 Å². The maximum atomic E-state index is 11.1. The summed E-state index contributed by atoms with van der Waals surface area (Å²) in [5.41, 5.74) is 6.80. The summed E-state index contributed by atoms with van der Waals surface area (Å²) in [4.78, 5) is 11.1. The third kappa shape index (κ3) is 3.41. The van der Waals surface area contributed by atoms with Gasteiger partial charge in [-0.15, -0.1) is 0 Å². The lowest BCUT2D eigenvalue weighted by Gasteiger charge is -2.11. The first-order chi connectivity index (χ1) is 9.58. The lowest BCUT2D eigenvalue weighted by atomic mass is 10.2. The smallest absolute Gasteiger partial charge is 0.221 e. The van der Waals surface area contributed by atoms with E-state index in [1.54, 1.807) is 31.4 Å². The van der Waals surface area contributed by atoms with Gasteiger partial charge in [0.15, 0.2) is 0 Å². The van der Waals surface area contributed by atoms with Gasteiger partial charge in [0, 0.05) is 19.1 Å². The first kappa shape index (κ1) is 13.7. The van der Waals surface area contributed by atoms with Crippen molar-refractivity contribution in [2.45, 2.75) is 6.92 Å². The molecule has 0 saturated heterocycles. The van der Waals surface area contributed by atoms with Crippen LogP contribution in [0.3, 0.4) is 0 Å². The van der Waals surface area contributed by atoms with Gasteiger partial charge in [-0.1, -0.05) is 6.07 Å². The van der Waals surface area contributed by atoms with Crippen molar-refractivity contribution < 1.29 is 14.3 Å². The summed E-state index contributed by atoms with van der Waals surface area (Å²) >= 11 is 0. The molecule has 0 aliphatic heterocycles. The Morgan fingerprint density at radius 3 is 2.50 bits per heavy atom. The second-order valence-electron chi connectivity index (χ2n) is 4.21. The molecule has 0 aliphatic rings. The Morgan fingerprint density at radius 1 is 1.10 bits per heavy atom. The molecule has 3 N–H and O–H groups in total. The molecule has 0 bridgehead atoms. The Labute approximate surface area is 117 Å². The van der Waals surface area contributed by atoms with E-state index in [0.717, 1.165) is 0 Å². The molecule has 2 rings (SSSR count). The number of amides is 1. The Hall–Kier alpha value is -2.69.